The van der Waals surface area contributed by atoms with Crippen LogP contribution in [0.1, 0.15) is 18.1 Å². The van der Waals surface area contributed by atoms with Crippen LogP contribution in [-0.4, -0.2) is 38.0 Å². The summed E-state index contributed by atoms with van der Waals surface area (Å²) in [6, 6.07) is 10.8. The third-order valence-electron chi connectivity index (χ3n) is 5.72. The first-order valence-corrected chi connectivity index (χ1v) is 10.3. The smallest absolute Gasteiger partial charge is 0.165 e. The first kappa shape index (κ1) is 19.3. The minimum Gasteiger partial charge on any atom is -0.489 e. The van der Waals surface area contributed by atoms with Crippen molar-refractivity contribution in [2.24, 2.45) is 5.41 Å². The van der Waals surface area contributed by atoms with Gasteiger partial charge < -0.3 is 19.5 Å². The standard InChI is InChI=1S/C24H25FN2O3/c1-15-7-20(27-21-10-18(25)3-4-19(15)21)16-8-17-11-26-5-6-29-23(17)22(9-16)30-14-24(2)12-28-13-24/h3-4,7-10,26H,5-6,11-14H2,1-2H3. The molecule has 0 unspecified atom stereocenters. The molecule has 1 aromatic heterocycles. The van der Waals surface area contributed by atoms with Crippen LogP contribution in [0.15, 0.2) is 36.4 Å². The van der Waals surface area contributed by atoms with Crippen LogP contribution in [0.5, 0.6) is 11.5 Å². The van der Waals surface area contributed by atoms with Crippen LogP contribution in [0.4, 0.5) is 4.39 Å². The lowest BCUT2D eigenvalue weighted by molar-refractivity contribution is -0.120. The second kappa shape index (κ2) is 7.52. The van der Waals surface area contributed by atoms with Gasteiger partial charge in [-0.05, 0) is 42.8 Å². The van der Waals surface area contributed by atoms with Gasteiger partial charge in [0.25, 0.3) is 0 Å². The number of rotatable bonds is 4. The van der Waals surface area contributed by atoms with E-state index in [-0.39, 0.29) is 11.2 Å². The molecule has 3 aromatic rings. The SMILES string of the molecule is Cc1cc(-c2cc3c(c(OCC4(C)COC4)c2)OCCNC3)nc2cc(F)ccc12. The van der Waals surface area contributed by atoms with Crippen molar-refractivity contribution in [3.8, 4) is 22.8 Å². The van der Waals surface area contributed by atoms with Gasteiger partial charge in [0.2, 0.25) is 0 Å². The van der Waals surface area contributed by atoms with Crippen molar-refractivity contribution in [3.63, 3.8) is 0 Å². The third kappa shape index (κ3) is 3.61. The summed E-state index contributed by atoms with van der Waals surface area (Å²) >= 11 is 0. The Balaban J connectivity index is 1.58. The average Bonchev–Trinajstić information content (AvgIpc) is 2.95. The van der Waals surface area contributed by atoms with Crippen molar-refractivity contribution in [3.05, 3.63) is 53.3 Å². The fourth-order valence-electron chi connectivity index (χ4n) is 3.97. The maximum atomic E-state index is 13.8. The van der Waals surface area contributed by atoms with E-state index in [1.54, 1.807) is 6.07 Å². The number of nitrogens with zero attached hydrogens (tertiary/aromatic N) is 1. The van der Waals surface area contributed by atoms with Crippen molar-refractivity contribution in [1.82, 2.24) is 10.3 Å². The number of fused-ring (bicyclic) bond motifs is 2. The van der Waals surface area contributed by atoms with Crippen LogP contribution in [0.2, 0.25) is 0 Å². The highest BCUT2D eigenvalue weighted by Crippen LogP contribution is 2.39. The Morgan fingerprint density at radius 1 is 1.20 bits per heavy atom. The molecule has 0 amide bonds. The number of pyridine rings is 1. The van der Waals surface area contributed by atoms with E-state index < -0.39 is 0 Å². The fourth-order valence-corrected chi connectivity index (χ4v) is 3.97. The molecular formula is C24H25FN2O3. The molecule has 6 heteroatoms. The number of benzene rings is 2. The van der Waals surface area contributed by atoms with Gasteiger partial charge in [0.05, 0.1) is 31.0 Å². The normalized spacial score (nSPS) is 17.6. The van der Waals surface area contributed by atoms with Crippen LogP contribution >= 0.6 is 0 Å². The van der Waals surface area contributed by atoms with Crippen molar-refractivity contribution in [2.45, 2.75) is 20.4 Å². The van der Waals surface area contributed by atoms with E-state index in [0.717, 1.165) is 45.8 Å². The van der Waals surface area contributed by atoms with Crippen LogP contribution < -0.4 is 14.8 Å². The average molecular weight is 408 g/mol. The number of nitrogens with one attached hydrogen (secondary N) is 1. The van der Waals surface area contributed by atoms with E-state index in [4.69, 9.17) is 19.2 Å². The largest absolute Gasteiger partial charge is 0.489 e. The second-order valence-corrected chi connectivity index (χ2v) is 8.57. The molecule has 1 N–H and O–H groups in total. The van der Waals surface area contributed by atoms with Gasteiger partial charge in [-0.1, -0.05) is 6.92 Å². The summed E-state index contributed by atoms with van der Waals surface area (Å²) in [5.41, 5.74) is 4.49. The van der Waals surface area contributed by atoms with Gasteiger partial charge in [0.15, 0.2) is 11.5 Å². The molecule has 0 spiro atoms. The summed E-state index contributed by atoms with van der Waals surface area (Å²) in [7, 11) is 0. The molecule has 1 fully saturated rings. The first-order valence-electron chi connectivity index (χ1n) is 10.3. The Morgan fingerprint density at radius 3 is 2.87 bits per heavy atom. The number of aryl methyl sites for hydroxylation is 1. The van der Waals surface area contributed by atoms with Gasteiger partial charge in [-0.15, -0.1) is 0 Å². The van der Waals surface area contributed by atoms with E-state index in [0.29, 0.717) is 38.5 Å². The van der Waals surface area contributed by atoms with Crippen LogP contribution in [-0.2, 0) is 11.3 Å². The molecule has 2 aliphatic heterocycles. The second-order valence-electron chi connectivity index (χ2n) is 8.57. The molecule has 5 rings (SSSR count). The Kier molecular flexibility index (Phi) is 4.83. The van der Waals surface area contributed by atoms with Crippen LogP contribution in [0, 0.1) is 18.2 Å². The summed E-state index contributed by atoms with van der Waals surface area (Å²) < 4.78 is 31.4. The van der Waals surface area contributed by atoms with E-state index in [1.165, 1.54) is 12.1 Å². The Bertz CT molecular complexity index is 1110. The summed E-state index contributed by atoms with van der Waals surface area (Å²) in [4.78, 5) is 4.74. The molecule has 1 saturated heterocycles. The molecule has 0 atom stereocenters. The minimum absolute atomic E-state index is 0.0289. The number of hydrogen-bond acceptors (Lipinski definition) is 5. The Hall–Kier alpha value is -2.70. The number of ether oxygens (including phenoxy) is 3. The van der Waals surface area contributed by atoms with E-state index in [2.05, 4.69) is 18.3 Å². The van der Waals surface area contributed by atoms with Crippen molar-refractivity contribution in [2.75, 3.05) is 33.0 Å². The van der Waals surface area contributed by atoms with Gasteiger partial charge in [0, 0.05) is 41.1 Å². The highest BCUT2D eigenvalue weighted by atomic mass is 19.1. The van der Waals surface area contributed by atoms with E-state index in [1.807, 2.05) is 19.1 Å². The van der Waals surface area contributed by atoms with Gasteiger partial charge in [0.1, 0.15) is 12.4 Å². The molecule has 2 aromatic carbocycles. The number of hydrogen-bond donors (Lipinski definition) is 1. The van der Waals surface area contributed by atoms with Crippen molar-refractivity contribution in [1.29, 1.82) is 0 Å². The molecule has 5 nitrogen and oxygen atoms in total. The highest BCUT2D eigenvalue weighted by Gasteiger charge is 2.34. The van der Waals surface area contributed by atoms with Gasteiger partial charge in [-0.3, -0.25) is 0 Å². The highest BCUT2D eigenvalue weighted by molar-refractivity contribution is 5.85. The van der Waals surface area contributed by atoms with E-state index >= 15 is 0 Å². The topological polar surface area (TPSA) is 52.6 Å². The third-order valence-corrected chi connectivity index (χ3v) is 5.72. The summed E-state index contributed by atoms with van der Waals surface area (Å²) in [5.74, 6) is 1.22. The number of halogens is 1. The molecule has 0 aliphatic carbocycles. The first-order chi connectivity index (χ1) is 14.5. The summed E-state index contributed by atoms with van der Waals surface area (Å²) in [6.45, 7) is 8.22. The lowest BCUT2D eigenvalue weighted by Gasteiger charge is -2.37. The molecule has 0 bridgehead atoms. The summed E-state index contributed by atoms with van der Waals surface area (Å²) in [6.07, 6.45) is 0. The molecule has 0 radical (unpaired) electrons. The molecule has 3 heterocycles. The predicted molar refractivity (Wildman–Crippen MR) is 113 cm³/mol. The molecule has 156 valence electrons. The monoisotopic (exact) mass is 408 g/mol. The van der Waals surface area contributed by atoms with Crippen LogP contribution in [0.3, 0.4) is 0 Å². The number of aromatic nitrogens is 1. The zero-order chi connectivity index (χ0) is 20.7. The van der Waals surface area contributed by atoms with Gasteiger partial charge in [-0.25, -0.2) is 9.37 Å². The van der Waals surface area contributed by atoms with Crippen LogP contribution in [0.25, 0.3) is 22.2 Å². The maximum absolute atomic E-state index is 13.8. The molecule has 2 aliphatic rings. The van der Waals surface area contributed by atoms with Gasteiger partial charge >= 0.3 is 0 Å². The van der Waals surface area contributed by atoms with Crippen molar-refractivity contribution >= 4 is 10.9 Å². The zero-order valence-corrected chi connectivity index (χ0v) is 17.3. The lowest BCUT2D eigenvalue weighted by atomic mass is 9.90. The maximum Gasteiger partial charge on any atom is 0.165 e. The molecule has 0 saturated carbocycles. The molecule has 30 heavy (non-hydrogen) atoms. The van der Waals surface area contributed by atoms with Crippen molar-refractivity contribution < 1.29 is 18.6 Å². The molecular weight excluding hydrogens is 383 g/mol. The van der Waals surface area contributed by atoms with Gasteiger partial charge in [-0.2, -0.15) is 0 Å². The zero-order valence-electron chi connectivity index (χ0n) is 17.3. The minimum atomic E-state index is -0.286. The fraction of sp³-hybridized carbons (Fsp3) is 0.375. The summed E-state index contributed by atoms with van der Waals surface area (Å²) in [5, 5.41) is 4.34. The Morgan fingerprint density at radius 2 is 2.07 bits per heavy atom. The Labute approximate surface area is 175 Å². The quantitative estimate of drug-likeness (QED) is 0.700. The van der Waals surface area contributed by atoms with E-state index in [9.17, 15) is 4.39 Å². The predicted octanol–water partition coefficient (Wildman–Crippen LogP) is 4.25. The lowest BCUT2D eigenvalue weighted by Crippen LogP contribution is -2.44.